The van der Waals surface area contributed by atoms with Gasteiger partial charge in [-0.15, -0.1) is 0 Å². The predicted molar refractivity (Wildman–Crippen MR) is 82.4 cm³/mol. The number of aromatic nitrogens is 1. The first kappa shape index (κ1) is 12.7. The molecular weight excluding hydrogens is 300 g/mol. The zero-order chi connectivity index (χ0) is 13.2. The third kappa shape index (κ3) is 2.66. The van der Waals surface area contributed by atoms with Gasteiger partial charge in [0.2, 0.25) is 0 Å². The van der Waals surface area contributed by atoms with Crippen molar-refractivity contribution in [2.75, 3.05) is 5.32 Å². The maximum Gasteiger partial charge on any atom is 0.106 e. The molecule has 0 aliphatic heterocycles. The molecule has 1 aliphatic carbocycles. The highest BCUT2D eigenvalue weighted by Gasteiger charge is 2.19. The molecule has 0 spiro atoms. The predicted octanol–water partition coefficient (Wildman–Crippen LogP) is 4.64. The van der Waals surface area contributed by atoms with Crippen LogP contribution in [0, 0.1) is 6.92 Å². The molecule has 1 heterocycles. The standard InChI is InChI=1S/C16H17BrN2/c1-11-14(9-10-16(17)18-11)19-15-8-4-6-12-5-2-3-7-13(12)15/h2-3,5,7,9-10,15,19H,4,6,8H2,1H3. The summed E-state index contributed by atoms with van der Waals surface area (Å²) in [4.78, 5) is 4.45. The van der Waals surface area contributed by atoms with E-state index in [1.165, 1.54) is 30.4 Å². The number of hydrogen-bond donors (Lipinski definition) is 1. The summed E-state index contributed by atoms with van der Waals surface area (Å²) in [5.74, 6) is 0. The molecule has 0 radical (unpaired) electrons. The summed E-state index contributed by atoms with van der Waals surface area (Å²) in [6.07, 6.45) is 3.64. The van der Waals surface area contributed by atoms with E-state index in [0.29, 0.717) is 6.04 Å². The van der Waals surface area contributed by atoms with Crippen molar-refractivity contribution >= 4 is 21.6 Å². The Hall–Kier alpha value is -1.35. The first-order valence-corrected chi connectivity index (χ1v) is 7.51. The number of benzene rings is 1. The second-order valence-corrected chi connectivity index (χ2v) is 5.87. The van der Waals surface area contributed by atoms with Crippen molar-refractivity contribution in [2.45, 2.75) is 32.2 Å². The van der Waals surface area contributed by atoms with Crippen molar-refractivity contribution in [1.29, 1.82) is 0 Å². The maximum absolute atomic E-state index is 4.45. The van der Waals surface area contributed by atoms with E-state index in [2.05, 4.69) is 56.6 Å². The highest BCUT2D eigenvalue weighted by atomic mass is 79.9. The lowest BCUT2D eigenvalue weighted by atomic mass is 9.87. The zero-order valence-electron chi connectivity index (χ0n) is 11.0. The average Bonchev–Trinajstić information content (AvgIpc) is 2.42. The SMILES string of the molecule is Cc1nc(Br)ccc1NC1CCCc2ccccc21. The quantitative estimate of drug-likeness (QED) is 0.816. The first-order valence-electron chi connectivity index (χ1n) is 6.71. The monoisotopic (exact) mass is 316 g/mol. The van der Waals surface area contributed by atoms with E-state index < -0.39 is 0 Å². The Morgan fingerprint density at radius 2 is 2.05 bits per heavy atom. The molecule has 0 saturated heterocycles. The number of fused-ring (bicyclic) bond motifs is 1. The van der Waals surface area contributed by atoms with Gasteiger partial charge in [0.1, 0.15) is 4.60 Å². The van der Waals surface area contributed by atoms with E-state index in [1.807, 2.05) is 13.0 Å². The van der Waals surface area contributed by atoms with Crippen LogP contribution >= 0.6 is 15.9 Å². The molecule has 19 heavy (non-hydrogen) atoms. The molecule has 1 N–H and O–H groups in total. The molecule has 0 bridgehead atoms. The second kappa shape index (κ2) is 5.33. The van der Waals surface area contributed by atoms with Crippen LogP contribution < -0.4 is 5.32 Å². The van der Waals surface area contributed by atoms with Crippen LogP contribution in [0.4, 0.5) is 5.69 Å². The zero-order valence-corrected chi connectivity index (χ0v) is 12.6. The van der Waals surface area contributed by atoms with Gasteiger partial charge in [-0.05, 0) is 65.4 Å². The third-order valence-corrected chi connectivity index (χ3v) is 4.19. The fraction of sp³-hybridized carbons (Fsp3) is 0.312. The van der Waals surface area contributed by atoms with Crippen LogP contribution in [0.5, 0.6) is 0 Å². The van der Waals surface area contributed by atoms with E-state index in [1.54, 1.807) is 0 Å². The van der Waals surface area contributed by atoms with Crippen LogP contribution in [0.1, 0.15) is 35.7 Å². The molecule has 1 aliphatic rings. The van der Waals surface area contributed by atoms with Crippen LogP contribution in [0.15, 0.2) is 41.0 Å². The molecule has 2 nitrogen and oxygen atoms in total. The van der Waals surface area contributed by atoms with Gasteiger partial charge in [-0.1, -0.05) is 24.3 Å². The Balaban J connectivity index is 1.88. The van der Waals surface area contributed by atoms with E-state index in [4.69, 9.17) is 0 Å². The van der Waals surface area contributed by atoms with Crippen molar-refractivity contribution in [2.24, 2.45) is 0 Å². The molecule has 1 aromatic carbocycles. The van der Waals surface area contributed by atoms with Gasteiger partial charge in [0, 0.05) is 0 Å². The molecule has 3 heteroatoms. The Labute approximate surface area is 122 Å². The topological polar surface area (TPSA) is 24.9 Å². The highest BCUT2D eigenvalue weighted by molar-refractivity contribution is 9.10. The summed E-state index contributed by atoms with van der Waals surface area (Å²) in [6, 6.07) is 13.3. The van der Waals surface area contributed by atoms with Crippen molar-refractivity contribution in [1.82, 2.24) is 4.98 Å². The van der Waals surface area contributed by atoms with Gasteiger partial charge in [-0.25, -0.2) is 4.98 Å². The maximum atomic E-state index is 4.45. The molecule has 0 fully saturated rings. The van der Waals surface area contributed by atoms with Crippen molar-refractivity contribution in [3.8, 4) is 0 Å². The first-order chi connectivity index (χ1) is 9.24. The van der Waals surface area contributed by atoms with Gasteiger partial charge >= 0.3 is 0 Å². The molecule has 0 amide bonds. The number of anilines is 1. The number of nitrogens with zero attached hydrogens (tertiary/aromatic N) is 1. The smallest absolute Gasteiger partial charge is 0.106 e. The molecular formula is C16H17BrN2. The molecule has 98 valence electrons. The summed E-state index contributed by atoms with van der Waals surface area (Å²) in [6.45, 7) is 2.04. The second-order valence-electron chi connectivity index (χ2n) is 5.05. The molecule has 0 saturated carbocycles. The molecule has 1 atom stereocenters. The summed E-state index contributed by atoms with van der Waals surface area (Å²) >= 11 is 3.41. The summed E-state index contributed by atoms with van der Waals surface area (Å²) in [5, 5.41) is 3.65. The number of aryl methyl sites for hydroxylation is 2. The van der Waals surface area contributed by atoms with Crippen LogP contribution in [0.25, 0.3) is 0 Å². The Morgan fingerprint density at radius 1 is 1.21 bits per heavy atom. The number of halogens is 1. The average molecular weight is 317 g/mol. The van der Waals surface area contributed by atoms with E-state index in [-0.39, 0.29) is 0 Å². The Kier molecular flexibility index (Phi) is 3.56. The fourth-order valence-electron chi connectivity index (χ4n) is 2.77. The Bertz CT molecular complexity index is 595. The van der Waals surface area contributed by atoms with Crippen LogP contribution in [-0.4, -0.2) is 4.98 Å². The van der Waals surface area contributed by atoms with Gasteiger partial charge in [0.25, 0.3) is 0 Å². The van der Waals surface area contributed by atoms with Gasteiger partial charge in [-0.3, -0.25) is 0 Å². The van der Waals surface area contributed by atoms with Crippen molar-refractivity contribution < 1.29 is 0 Å². The minimum atomic E-state index is 0.409. The van der Waals surface area contributed by atoms with E-state index in [0.717, 1.165) is 16.0 Å². The molecule has 3 rings (SSSR count). The molecule has 1 aromatic heterocycles. The van der Waals surface area contributed by atoms with Crippen molar-refractivity contribution in [3.05, 3.63) is 57.8 Å². The largest absolute Gasteiger partial charge is 0.377 e. The minimum Gasteiger partial charge on any atom is -0.377 e. The number of hydrogen-bond acceptors (Lipinski definition) is 2. The number of nitrogens with one attached hydrogen (secondary N) is 1. The van der Waals surface area contributed by atoms with Gasteiger partial charge < -0.3 is 5.32 Å². The van der Waals surface area contributed by atoms with Gasteiger partial charge in [-0.2, -0.15) is 0 Å². The number of pyridine rings is 1. The van der Waals surface area contributed by atoms with Gasteiger partial charge in [0.15, 0.2) is 0 Å². The lowest BCUT2D eigenvalue weighted by molar-refractivity contribution is 0.600. The summed E-state index contributed by atoms with van der Waals surface area (Å²) in [5.41, 5.74) is 5.09. The summed E-state index contributed by atoms with van der Waals surface area (Å²) in [7, 11) is 0. The summed E-state index contributed by atoms with van der Waals surface area (Å²) < 4.78 is 0.889. The van der Waals surface area contributed by atoms with Gasteiger partial charge in [0.05, 0.1) is 17.4 Å². The number of rotatable bonds is 2. The lowest BCUT2D eigenvalue weighted by Gasteiger charge is -2.27. The lowest BCUT2D eigenvalue weighted by Crippen LogP contribution is -2.17. The minimum absolute atomic E-state index is 0.409. The normalized spacial score (nSPS) is 17.9. The van der Waals surface area contributed by atoms with Crippen LogP contribution in [0.3, 0.4) is 0 Å². The fourth-order valence-corrected chi connectivity index (χ4v) is 3.17. The molecule has 1 unspecified atom stereocenters. The Morgan fingerprint density at radius 3 is 2.89 bits per heavy atom. The highest BCUT2D eigenvalue weighted by Crippen LogP contribution is 2.33. The van der Waals surface area contributed by atoms with E-state index in [9.17, 15) is 0 Å². The van der Waals surface area contributed by atoms with Crippen LogP contribution in [-0.2, 0) is 6.42 Å². The van der Waals surface area contributed by atoms with Crippen molar-refractivity contribution in [3.63, 3.8) is 0 Å². The third-order valence-electron chi connectivity index (χ3n) is 3.75. The van der Waals surface area contributed by atoms with E-state index >= 15 is 0 Å². The van der Waals surface area contributed by atoms with Crippen LogP contribution in [0.2, 0.25) is 0 Å². The molecule has 2 aromatic rings.